The Morgan fingerprint density at radius 1 is 1.22 bits per heavy atom. The number of carbonyl (C=O) groups is 1. The number of pyridine rings is 1. The minimum atomic E-state index is -0.714. The topological polar surface area (TPSA) is 111 Å². The third-order valence-electron chi connectivity index (χ3n) is 8.82. The Kier molecular flexibility index (Phi) is 8.96. The van der Waals surface area contributed by atoms with Crippen molar-refractivity contribution in [2.24, 2.45) is 0 Å². The number of fused-ring (bicyclic) bond motifs is 4. The van der Waals surface area contributed by atoms with Crippen molar-refractivity contribution in [1.29, 1.82) is 5.26 Å². The quantitative estimate of drug-likeness (QED) is 0.237. The Hall–Kier alpha value is -4.82. The summed E-state index contributed by atoms with van der Waals surface area (Å²) in [5.74, 6) is 2.01. The van der Waals surface area contributed by atoms with Gasteiger partial charge in [0, 0.05) is 41.7 Å². The number of carbonyl (C=O) groups excluding carboxylic acids is 2. The largest absolute Gasteiger partial charge is 0.496 e. The zero-order valence-corrected chi connectivity index (χ0v) is 29.3. The summed E-state index contributed by atoms with van der Waals surface area (Å²) in [4.78, 5) is 38.4. The number of rotatable bonds is 5. The zero-order chi connectivity index (χ0) is 35.4. The number of amides is 1. The van der Waals surface area contributed by atoms with Crippen LogP contribution in [0.3, 0.4) is 0 Å². The van der Waals surface area contributed by atoms with Crippen LogP contribution < -0.4 is 19.3 Å². The van der Waals surface area contributed by atoms with E-state index < -0.39 is 29.7 Å². The minimum absolute atomic E-state index is 0.0132. The summed E-state index contributed by atoms with van der Waals surface area (Å²) in [6.07, 6.45) is 1.96. The van der Waals surface area contributed by atoms with E-state index in [1.54, 1.807) is 56.0 Å². The number of hydrogen-bond acceptors (Lipinski definition) is 10. The lowest BCUT2D eigenvalue weighted by Crippen LogP contribution is -2.64. The molecule has 3 aliphatic heterocycles. The highest BCUT2D eigenvalue weighted by atomic mass is 35.5. The van der Waals surface area contributed by atoms with Gasteiger partial charge in [-0.2, -0.15) is 5.26 Å². The molecule has 256 valence electrons. The molecule has 11 nitrogen and oxygen atoms in total. The Morgan fingerprint density at radius 2 is 1.98 bits per heavy atom. The van der Waals surface area contributed by atoms with Gasteiger partial charge < -0.3 is 33.8 Å². The molecule has 3 aliphatic rings. The maximum Gasteiger partial charge on any atom is 0.410 e. The predicted molar refractivity (Wildman–Crippen MR) is 186 cm³/mol. The van der Waals surface area contributed by atoms with Gasteiger partial charge in [-0.05, 0) is 65.6 Å². The van der Waals surface area contributed by atoms with E-state index in [1.807, 2.05) is 41.8 Å². The van der Waals surface area contributed by atoms with Crippen molar-refractivity contribution in [2.45, 2.75) is 51.5 Å². The van der Waals surface area contributed by atoms with E-state index in [2.05, 4.69) is 5.94 Å². The molecule has 0 bridgehead atoms. The average Bonchev–Trinajstić information content (AvgIpc) is 3.03. The lowest BCUT2D eigenvalue weighted by Gasteiger charge is -2.53. The van der Waals surface area contributed by atoms with Gasteiger partial charge in [-0.25, -0.2) is 19.0 Å². The van der Waals surface area contributed by atoms with Crippen molar-refractivity contribution in [3.63, 3.8) is 0 Å². The lowest BCUT2D eigenvalue weighted by atomic mass is 9.93. The van der Waals surface area contributed by atoms with Crippen LogP contribution in [0.1, 0.15) is 33.3 Å². The third-order valence-corrected chi connectivity index (χ3v) is 9.12. The van der Waals surface area contributed by atoms with Crippen LogP contribution in [-0.2, 0) is 9.53 Å². The number of piperazine rings is 1. The molecule has 6 rings (SSSR count). The number of halogens is 2. The zero-order valence-electron chi connectivity index (χ0n) is 28.5. The molecule has 0 saturated carbocycles. The normalized spacial score (nSPS) is 20.1. The molecule has 0 aliphatic carbocycles. The van der Waals surface area contributed by atoms with Gasteiger partial charge in [-0.3, -0.25) is 0 Å². The Bertz CT molecular complexity index is 1960. The number of benzene rings is 2. The molecule has 1 saturated heterocycles. The van der Waals surface area contributed by atoms with Gasteiger partial charge >= 0.3 is 6.09 Å². The number of hydrogen-bond donors (Lipinski definition) is 0. The number of methoxy groups -OCH3 is 1. The summed E-state index contributed by atoms with van der Waals surface area (Å²) in [5.41, 5.74) is 1.70. The molecular weight excluding hydrogens is 651 g/mol. The van der Waals surface area contributed by atoms with Gasteiger partial charge in [0.1, 0.15) is 40.3 Å². The lowest BCUT2D eigenvalue weighted by molar-refractivity contribution is 0.0133. The van der Waals surface area contributed by atoms with Gasteiger partial charge in [0.05, 0.1) is 43.0 Å². The Morgan fingerprint density at radius 3 is 2.63 bits per heavy atom. The van der Waals surface area contributed by atoms with Crippen molar-refractivity contribution in [1.82, 2.24) is 14.8 Å². The van der Waals surface area contributed by atoms with Crippen molar-refractivity contribution in [3.05, 3.63) is 52.4 Å². The molecule has 3 atom stereocenters. The molecule has 3 aromatic rings. The fourth-order valence-electron chi connectivity index (χ4n) is 6.92. The highest BCUT2D eigenvalue weighted by Crippen LogP contribution is 2.53. The average molecular weight is 689 g/mol. The molecule has 2 aromatic carbocycles. The summed E-state index contributed by atoms with van der Waals surface area (Å²) < 4.78 is 35.0. The highest BCUT2D eigenvalue weighted by Gasteiger charge is 2.48. The molecule has 13 heteroatoms. The van der Waals surface area contributed by atoms with E-state index in [0.717, 1.165) is 0 Å². The summed E-state index contributed by atoms with van der Waals surface area (Å²) in [7, 11) is 5.30. The molecule has 1 fully saturated rings. The predicted octanol–water partition coefficient (Wildman–Crippen LogP) is 5.91. The number of ether oxygens (including phenoxy) is 3. The summed E-state index contributed by atoms with van der Waals surface area (Å²) in [5, 5.41) is 9.74. The van der Waals surface area contributed by atoms with E-state index in [1.165, 1.54) is 13.2 Å². The van der Waals surface area contributed by atoms with Crippen LogP contribution in [0.25, 0.3) is 28.1 Å². The third kappa shape index (κ3) is 6.03. The van der Waals surface area contributed by atoms with E-state index in [4.69, 9.17) is 30.8 Å². The van der Waals surface area contributed by atoms with E-state index in [0.29, 0.717) is 59.0 Å². The first-order valence-corrected chi connectivity index (χ1v) is 16.3. The van der Waals surface area contributed by atoms with Gasteiger partial charge in [-0.15, -0.1) is 0 Å². The van der Waals surface area contributed by atoms with Gasteiger partial charge in [0.15, 0.2) is 5.82 Å². The molecule has 0 radical (unpaired) electrons. The second kappa shape index (κ2) is 12.9. The maximum absolute atomic E-state index is 17.2. The SMILES string of the molecule is COc1cccc(/C=C/C#N)c1-c1c(Cl)cc2c3c4c(nc2c1F)O[C@H](CN(C)C)CN4C(=C=O)[C@H]1CN(C(=O)OC(C)(C)C)[C@H](C)CN31. The van der Waals surface area contributed by atoms with Crippen LogP contribution in [0, 0.1) is 17.1 Å². The van der Waals surface area contributed by atoms with Gasteiger partial charge in [0.2, 0.25) is 5.88 Å². The highest BCUT2D eigenvalue weighted by molar-refractivity contribution is 6.35. The van der Waals surface area contributed by atoms with Crippen LogP contribution in [0.4, 0.5) is 20.6 Å². The minimum Gasteiger partial charge on any atom is -0.496 e. The maximum atomic E-state index is 17.2. The number of allylic oxidation sites excluding steroid dienone is 1. The fourth-order valence-corrected chi connectivity index (χ4v) is 7.21. The second-order valence-electron chi connectivity index (χ2n) is 13.7. The van der Waals surface area contributed by atoms with Crippen LogP contribution in [-0.4, -0.2) is 98.0 Å². The van der Waals surface area contributed by atoms with E-state index >= 15 is 4.39 Å². The summed E-state index contributed by atoms with van der Waals surface area (Å²) in [6.45, 7) is 8.56. The van der Waals surface area contributed by atoms with E-state index in [9.17, 15) is 14.9 Å². The van der Waals surface area contributed by atoms with E-state index in [-0.39, 0.29) is 34.6 Å². The molecule has 1 aromatic heterocycles. The van der Waals surface area contributed by atoms with Crippen LogP contribution in [0.2, 0.25) is 5.02 Å². The first kappa shape index (κ1) is 34.1. The number of nitrogens with zero attached hydrogens (tertiary/aromatic N) is 6. The first-order chi connectivity index (χ1) is 23.3. The molecule has 0 spiro atoms. The molecular formula is C36H38ClFN6O5. The molecule has 0 unspecified atom stereocenters. The van der Waals surface area contributed by atoms with Crippen molar-refractivity contribution >= 4 is 52.0 Å². The number of nitriles is 1. The van der Waals surface area contributed by atoms with Gasteiger partial charge in [0.25, 0.3) is 0 Å². The Balaban J connectivity index is 1.61. The summed E-state index contributed by atoms with van der Waals surface area (Å²) in [6, 6.07) is 7.87. The second-order valence-corrected chi connectivity index (χ2v) is 14.1. The van der Waals surface area contributed by atoms with Crippen molar-refractivity contribution in [3.8, 4) is 28.8 Å². The standard InChI is InChI=1S/C36H38ClFN6O5/c1-20-15-43-25(18-42(20)35(46)49-36(2,3)4)26(19-45)44-17-22(16-41(5)6)48-34-33(44)32(43)23-14-24(37)29(30(38)31(23)40-34)28-21(11-9-13-39)10-8-12-27(28)47-7/h8-12,14,20,22,25H,15-18H2,1-7H3/b11-9+/t20-,22-,25-/m1/s1. The van der Waals surface area contributed by atoms with Crippen molar-refractivity contribution < 1.29 is 28.2 Å². The van der Waals surface area contributed by atoms with Crippen molar-refractivity contribution in [2.75, 3.05) is 57.2 Å². The monoisotopic (exact) mass is 688 g/mol. The summed E-state index contributed by atoms with van der Waals surface area (Å²) >= 11 is 6.99. The molecule has 4 heterocycles. The van der Waals surface area contributed by atoms with Crippen LogP contribution in [0.5, 0.6) is 11.6 Å². The number of anilines is 2. The van der Waals surface area contributed by atoms with Gasteiger partial charge in [-0.1, -0.05) is 23.7 Å². The van der Waals surface area contributed by atoms with Crippen LogP contribution in [0.15, 0.2) is 36.0 Å². The molecule has 0 N–H and O–H groups in total. The molecule has 49 heavy (non-hydrogen) atoms. The smallest absolute Gasteiger partial charge is 0.410 e. The Labute approximate surface area is 289 Å². The fraction of sp³-hybridized carbons (Fsp3) is 0.417. The molecule has 1 amide bonds. The number of aromatic nitrogens is 1. The van der Waals surface area contributed by atoms with Crippen LogP contribution >= 0.6 is 11.6 Å². The first-order valence-electron chi connectivity index (χ1n) is 16.0. The number of likely N-dealkylation sites (N-methyl/N-ethyl adjacent to an activating group) is 1.